The number of hydrogen-bond donors (Lipinski definition) is 0. The zero-order valence-electron chi connectivity index (χ0n) is 12.1. The van der Waals surface area contributed by atoms with E-state index in [0.29, 0.717) is 11.8 Å². The lowest BCUT2D eigenvalue weighted by Gasteiger charge is -2.34. The van der Waals surface area contributed by atoms with Gasteiger partial charge >= 0.3 is 6.03 Å². The third-order valence-electron chi connectivity index (χ3n) is 4.28. The maximum absolute atomic E-state index is 12.4. The predicted octanol–water partition coefficient (Wildman–Crippen LogP) is 1.72. The Kier molecular flexibility index (Phi) is 4.49. The van der Waals surface area contributed by atoms with Gasteiger partial charge in [0.25, 0.3) is 0 Å². The van der Waals surface area contributed by atoms with Gasteiger partial charge in [0.2, 0.25) is 0 Å². The number of hydrogen-bond acceptors (Lipinski definition) is 2. The van der Waals surface area contributed by atoms with Crippen LogP contribution in [-0.4, -0.2) is 67.5 Å². The molecule has 2 aliphatic rings. The van der Waals surface area contributed by atoms with Crippen molar-refractivity contribution < 1.29 is 4.79 Å². The summed E-state index contributed by atoms with van der Waals surface area (Å²) in [4.78, 5) is 18.7. The lowest BCUT2D eigenvalue weighted by Crippen LogP contribution is -2.47. The zero-order valence-corrected chi connectivity index (χ0v) is 12.1. The smallest absolute Gasteiger partial charge is 0.319 e. The normalized spacial score (nSPS) is 29.6. The molecule has 0 radical (unpaired) electrons. The SMILES string of the molecule is CC1CCCN(C(=O)N(C)CC2CCN(C)C2)C1. The highest BCUT2D eigenvalue weighted by atomic mass is 16.2. The molecule has 18 heavy (non-hydrogen) atoms. The molecule has 104 valence electrons. The molecule has 2 saturated heterocycles. The van der Waals surface area contributed by atoms with E-state index in [2.05, 4.69) is 18.9 Å². The van der Waals surface area contributed by atoms with Gasteiger partial charge in [-0.05, 0) is 44.7 Å². The highest BCUT2D eigenvalue weighted by Gasteiger charge is 2.27. The second-order valence-electron chi connectivity index (χ2n) is 6.27. The Labute approximate surface area is 111 Å². The molecule has 4 heteroatoms. The Morgan fingerprint density at radius 1 is 1.28 bits per heavy atom. The molecule has 0 bridgehead atoms. The summed E-state index contributed by atoms with van der Waals surface area (Å²) in [7, 11) is 4.12. The number of carbonyl (C=O) groups excluding carboxylic acids is 1. The Morgan fingerprint density at radius 2 is 2.06 bits per heavy atom. The van der Waals surface area contributed by atoms with Crippen molar-refractivity contribution in [3.8, 4) is 0 Å². The molecule has 0 aromatic rings. The van der Waals surface area contributed by atoms with Gasteiger partial charge in [0, 0.05) is 33.2 Å². The average Bonchev–Trinajstić information content (AvgIpc) is 2.73. The summed E-state index contributed by atoms with van der Waals surface area (Å²) in [5.41, 5.74) is 0. The van der Waals surface area contributed by atoms with E-state index in [0.717, 1.165) is 32.6 Å². The monoisotopic (exact) mass is 253 g/mol. The molecule has 0 saturated carbocycles. The average molecular weight is 253 g/mol. The van der Waals surface area contributed by atoms with Crippen LogP contribution in [-0.2, 0) is 0 Å². The van der Waals surface area contributed by atoms with Crippen molar-refractivity contribution in [2.45, 2.75) is 26.2 Å². The maximum Gasteiger partial charge on any atom is 0.319 e. The standard InChI is InChI=1S/C14H27N3O/c1-12-5-4-7-17(9-12)14(18)16(3)11-13-6-8-15(2)10-13/h12-13H,4-11H2,1-3H3. The summed E-state index contributed by atoms with van der Waals surface area (Å²) in [6.07, 6.45) is 3.65. The summed E-state index contributed by atoms with van der Waals surface area (Å²) in [6.45, 7) is 7.34. The van der Waals surface area contributed by atoms with Crippen LogP contribution in [0.3, 0.4) is 0 Å². The van der Waals surface area contributed by atoms with Crippen LogP contribution in [0.4, 0.5) is 4.79 Å². The van der Waals surface area contributed by atoms with Gasteiger partial charge in [-0.2, -0.15) is 0 Å². The largest absolute Gasteiger partial charge is 0.327 e. The van der Waals surface area contributed by atoms with E-state index < -0.39 is 0 Å². The first kappa shape index (κ1) is 13.7. The molecule has 0 aliphatic carbocycles. The van der Waals surface area contributed by atoms with E-state index in [9.17, 15) is 4.79 Å². The van der Waals surface area contributed by atoms with E-state index in [4.69, 9.17) is 0 Å². The molecular weight excluding hydrogens is 226 g/mol. The molecule has 2 fully saturated rings. The van der Waals surface area contributed by atoms with Crippen molar-refractivity contribution >= 4 is 6.03 Å². The minimum atomic E-state index is 0.233. The molecule has 0 N–H and O–H groups in total. The van der Waals surface area contributed by atoms with Gasteiger partial charge in [-0.1, -0.05) is 6.92 Å². The number of amides is 2. The highest BCUT2D eigenvalue weighted by molar-refractivity contribution is 5.74. The Balaban J connectivity index is 1.80. The number of urea groups is 1. The summed E-state index contributed by atoms with van der Waals surface area (Å²) in [6, 6.07) is 0.233. The van der Waals surface area contributed by atoms with Crippen LogP contribution in [0.15, 0.2) is 0 Å². The van der Waals surface area contributed by atoms with Crippen molar-refractivity contribution in [1.29, 1.82) is 0 Å². The Hall–Kier alpha value is -0.770. The molecule has 2 unspecified atom stereocenters. The highest BCUT2D eigenvalue weighted by Crippen LogP contribution is 2.19. The molecule has 0 spiro atoms. The second kappa shape index (κ2) is 5.91. The molecule has 2 aliphatic heterocycles. The van der Waals surface area contributed by atoms with E-state index in [1.807, 2.05) is 16.8 Å². The first-order chi connectivity index (χ1) is 8.56. The molecule has 2 rings (SSSR count). The number of rotatable bonds is 2. The van der Waals surface area contributed by atoms with Gasteiger partial charge in [0.1, 0.15) is 0 Å². The van der Waals surface area contributed by atoms with Crippen LogP contribution in [0.25, 0.3) is 0 Å². The van der Waals surface area contributed by atoms with E-state index >= 15 is 0 Å². The first-order valence-electron chi connectivity index (χ1n) is 7.25. The minimum absolute atomic E-state index is 0.233. The van der Waals surface area contributed by atoms with Gasteiger partial charge < -0.3 is 14.7 Å². The first-order valence-corrected chi connectivity index (χ1v) is 7.25. The summed E-state index contributed by atoms with van der Waals surface area (Å²) < 4.78 is 0. The molecule has 4 nitrogen and oxygen atoms in total. The lowest BCUT2D eigenvalue weighted by molar-refractivity contribution is 0.134. The molecular formula is C14H27N3O. The van der Waals surface area contributed by atoms with Gasteiger partial charge in [0.05, 0.1) is 0 Å². The summed E-state index contributed by atoms with van der Waals surface area (Å²) in [5.74, 6) is 1.32. The van der Waals surface area contributed by atoms with Crippen molar-refractivity contribution in [3.05, 3.63) is 0 Å². The minimum Gasteiger partial charge on any atom is -0.327 e. The van der Waals surface area contributed by atoms with Crippen molar-refractivity contribution in [3.63, 3.8) is 0 Å². The van der Waals surface area contributed by atoms with Gasteiger partial charge in [-0.25, -0.2) is 4.79 Å². The molecule has 2 heterocycles. The van der Waals surface area contributed by atoms with Crippen LogP contribution >= 0.6 is 0 Å². The van der Waals surface area contributed by atoms with E-state index in [1.54, 1.807) is 0 Å². The van der Waals surface area contributed by atoms with Crippen LogP contribution in [0, 0.1) is 11.8 Å². The zero-order chi connectivity index (χ0) is 13.1. The topological polar surface area (TPSA) is 26.8 Å². The fourth-order valence-corrected chi connectivity index (χ4v) is 3.25. The predicted molar refractivity (Wildman–Crippen MR) is 73.6 cm³/mol. The number of nitrogens with zero attached hydrogens (tertiary/aromatic N) is 3. The van der Waals surface area contributed by atoms with Crippen molar-refractivity contribution in [2.24, 2.45) is 11.8 Å². The third kappa shape index (κ3) is 3.37. The number of carbonyl (C=O) groups is 1. The molecule has 0 aromatic heterocycles. The Bertz CT molecular complexity index is 295. The van der Waals surface area contributed by atoms with Gasteiger partial charge in [0.15, 0.2) is 0 Å². The Morgan fingerprint density at radius 3 is 2.67 bits per heavy atom. The summed E-state index contributed by atoms with van der Waals surface area (Å²) in [5, 5.41) is 0. The lowest BCUT2D eigenvalue weighted by atomic mass is 10.0. The van der Waals surface area contributed by atoms with E-state index in [1.165, 1.54) is 19.4 Å². The quantitative estimate of drug-likeness (QED) is 0.749. The fraction of sp³-hybridized carbons (Fsp3) is 0.929. The van der Waals surface area contributed by atoms with Gasteiger partial charge in [-0.15, -0.1) is 0 Å². The molecule has 0 aromatic carbocycles. The van der Waals surface area contributed by atoms with Crippen molar-refractivity contribution in [2.75, 3.05) is 46.8 Å². The van der Waals surface area contributed by atoms with Crippen LogP contribution < -0.4 is 0 Å². The van der Waals surface area contributed by atoms with Crippen molar-refractivity contribution in [1.82, 2.24) is 14.7 Å². The van der Waals surface area contributed by atoms with Crippen LogP contribution in [0.2, 0.25) is 0 Å². The molecule has 2 amide bonds. The third-order valence-corrected chi connectivity index (χ3v) is 4.28. The number of piperidine rings is 1. The fourth-order valence-electron chi connectivity index (χ4n) is 3.25. The second-order valence-corrected chi connectivity index (χ2v) is 6.27. The maximum atomic E-state index is 12.4. The number of likely N-dealkylation sites (tertiary alicyclic amines) is 2. The van der Waals surface area contributed by atoms with Crippen LogP contribution in [0.1, 0.15) is 26.2 Å². The summed E-state index contributed by atoms with van der Waals surface area (Å²) >= 11 is 0. The van der Waals surface area contributed by atoms with Crippen LogP contribution in [0.5, 0.6) is 0 Å². The van der Waals surface area contributed by atoms with E-state index in [-0.39, 0.29) is 6.03 Å². The molecule has 2 atom stereocenters. The van der Waals surface area contributed by atoms with Gasteiger partial charge in [-0.3, -0.25) is 0 Å².